The Bertz CT molecular complexity index is 809. The third-order valence-corrected chi connectivity index (χ3v) is 7.04. The van der Waals surface area contributed by atoms with Gasteiger partial charge in [-0.15, -0.1) is 0 Å². The van der Waals surface area contributed by atoms with Crippen molar-refractivity contribution in [2.24, 2.45) is 5.10 Å². The summed E-state index contributed by atoms with van der Waals surface area (Å²) in [5, 5.41) is 5.49. The van der Waals surface area contributed by atoms with E-state index in [4.69, 9.17) is 0 Å². The maximum Gasteiger partial charge on any atom is 0.275 e. The van der Waals surface area contributed by atoms with Crippen LogP contribution in [0.5, 0.6) is 0 Å². The van der Waals surface area contributed by atoms with E-state index in [1.165, 1.54) is 5.01 Å². The minimum absolute atomic E-state index is 0.0833. The third-order valence-electron chi connectivity index (χ3n) is 4.55. The molecule has 1 aromatic rings. The maximum absolute atomic E-state index is 13.0. The quantitative estimate of drug-likeness (QED) is 0.746. The summed E-state index contributed by atoms with van der Waals surface area (Å²) in [7, 11) is -3.62. The first kappa shape index (κ1) is 15.0. The molecule has 0 fully saturated rings. The number of sulfone groups is 1. The number of carbonyl (C=O) groups excluding carboxylic acids is 1. The van der Waals surface area contributed by atoms with Gasteiger partial charge < -0.3 is 0 Å². The van der Waals surface area contributed by atoms with Gasteiger partial charge in [-0.1, -0.05) is 29.3 Å². The lowest BCUT2D eigenvalue weighted by molar-refractivity contribution is -0.118. The number of carbonyl (C=O) groups is 1. The lowest BCUT2D eigenvalue weighted by Crippen LogP contribution is -2.55. The van der Waals surface area contributed by atoms with Gasteiger partial charge in [-0.2, -0.15) is 10.1 Å². The number of hydrogen-bond donors (Lipinski definition) is 0. The van der Waals surface area contributed by atoms with Gasteiger partial charge in [0.25, 0.3) is 5.91 Å². The largest absolute Gasteiger partial charge is 0.275 e. The van der Waals surface area contributed by atoms with Gasteiger partial charge >= 0.3 is 0 Å². The van der Waals surface area contributed by atoms with Crippen molar-refractivity contribution in [2.45, 2.75) is 31.9 Å². The second-order valence-electron chi connectivity index (χ2n) is 5.96. The molecule has 116 valence electrons. The van der Waals surface area contributed by atoms with Crippen LogP contribution in [-0.2, 0) is 14.6 Å². The van der Waals surface area contributed by atoms with E-state index in [2.05, 4.69) is 5.10 Å². The average molecular weight is 318 g/mol. The molecule has 0 N–H and O–H groups in total. The van der Waals surface area contributed by atoms with Crippen molar-refractivity contribution < 1.29 is 13.2 Å². The molecule has 0 aromatic heterocycles. The molecule has 1 aromatic carbocycles. The molecule has 0 radical (unpaired) electrons. The van der Waals surface area contributed by atoms with Gasteiger partial charge in [0.15, 0.2) is 14.6 Å². The third kappa shape index (κ3) is 1.86. The van der Waals surface area contributed by atoms with Crippen LogP contribution in [0.3, 0.4) is 0 Å². The zero-order valence-corrected chi connectivity index (χ0v) is 13.6. The number of anilines is 1. The molecule has 0 bridgehead atoms. The molecule has 5 nitrogen and oxygen atoms in total. The molecule has 0 saturated carbocycles. The SMILES string of the molecule is CC1=NN(c2ccccc2)C(=O)[C@@]12CC(C)=C(C)CS2(=O)=O. The summed E-state index contributed by atoms with van der Waals surface area (Å²) in [5.74, 6) is -0.553. The monoisotopic (exact) mass is 318 g/mol. The second kappa shape index (κ2) is 4.78. The number of para-hydroxylation sites is 1. The van der Waals surface area contributed by atoms with Crippen LogP contribution in [0.2, 0.25) is 0 Å². The van der Waals surface area contributed by atoms with Crippen LogP contribution in [0.1, 0.15) is 27.2 Å². The van der Waals surface area contributed by atoms with E-state index in [1.807, 2.05) is 13.0 Å². The Morgan fingerprint density at radius 3 is 2.36 bits per heavy atom. The number of allylic oxidation sites excluding steroid dienone is 1. The highest BCUT2D eigenvalue weighted by molar-refractivity contribution is 7.94. The molecular weight excluding hydrogens is 300 g/mol. The highest BCUT2D eigenvalue weighted by Gasteiger charge is 2.60. The Hall–Kier alpha value is -1.95. The van der Waals surface area contributed by atoms with Crippen LogP contribution in [0.4, 0.5) is 5.69 Å². The predicted octanol–water partition coefficient (Wildman–Crippen LogP) is 2.30. The fourth-order valence-electron chi connectivity index (χ4n) is 3.07. The van der Waals surface area contributed by atoms with Crippen LogP contribution in [0.25, 0.3) is 0 Å². The molecule has 1 spiro atoms. The Balaban J connectivity index is 2.14. The minimum Gasteiger partial charge on any atom is -0.270 e. The van der Waals surface area contributed by atoms with Gasteiger partial charge in [0, 0.05) is 6.42 Å². The van der Waals surface area contributed by atoms with E-state index in [-0.39, 0.29) is 12.2 Å². The molecule has 0 unspecified atom stereocenters. The van der Waals surface area contributed by atoms with Gasteiger partial charge in [-0.05, 0) is 32.9 Å². The van der Waals surface area contributed by atoms with Gasteiger partial charge in [0.2, 0.25) is 0 Å². The Kier molecular flexibility index (Phi) is 3.25. The summed E-state index contributed by atoms with van der Waals surface area (Å²) in [4.78, 5) is 13.0. The molecule has 2 aliphatic rings. The van der Waals surface area contributed by atoms with Gasteiger partial charge in [0.1, 0.15) is 0 Å². The topological polar surface area (TPSA) is 66.8 Å². The number of amides is 1. The molecule has 2 heterocycles. The van der Waals surface area contributed by atoms with E-state index in [9.17, 15) is 13.2 Å². The van der Waals surface area contributed by atoms with Crippen LogP contribution < -0.4 is 5.01 Å². The zero-order valence-electron chi connectivity index (χ0n) is 12.8. The van der Waals surface area contributed by atoms with E-state index < -0.39 is 20.5 Å². The fraction of sp³-hybridized carbons (Fsp3) is 0.375. The summed E-state index contributed by atoms with van der Waals surface area (Å²) >= 11 is 0. The molecule has 2 aliphatic heterocycles. The first-order valence-electron chi connectivity index (χ1n) is 7.12. The van der Waals surface area contributed by atoms with E-state index in [1.54, 1.807) is 38.1 Å². The molecule has 1 amide bonds. The molecule has 1 atom stereocenters. The van der Waals surface area contributed by atoms with Crippen molar-refractivity contribution in [2.75, 3.05) is 10.8 Å². The van der Waals surface area contributed by atoms with Crippen molar-refractivity contribution in [3.05, 3.63) is 41.5 Å². The Morgan fingerprint density at radius 2 is 1.73 bits per heavy atom. The average Bonchev–Trinajstić information content (AvgIpc) is 2.72. The van der Waals surface area contributed by atoms with Crippen LogP contribution in [0, 0.1) is 0 Å². The first-order valence-corrected chi connectivity index (χ1v) is 8.77. The lowest BCUT2D eigenvalue weighted by Gasteiger charge is -2.33. The Morgan fingerprint density at radius 1 is 1.09 bits per heavy atom. The normalized spacial score (nSPS) is 27.5. The lowest BCUT2D eigenvalue weighted by atomic mass is 9.92. The van der Waals surface area contributed by atoms with Crippen molar-refractivity contribution in [1.29, 1.82) is 0 Å². The summed E-state index contributed by atoms with van der Waals surface area (Å²) < 4.78 is 24.1. The van der Waals surface area contributed by atoms with Gasteiger partial charge in [0.05, 0.1) is 17.2 Å². The number of benzene rings is 1. The first-order chi connectivity index (χ1) is 10.3. The second-order valence-corrected chi connectivity index (χ2v) is 8.18. The van der Waals surface area contributed by atoms with Crippen molar-refractivity contribution in [3.63, 3.8) is 0 Å². The summed E-state index contributed by atoms with van der Waals surface area (Å²) in [5.41, 5.74) is 2.72. The molecule has 0 aliphatic carbocycles. The number of rotatable bonds is 1. The fourth-order valence-corrected chi connectivity index (χ4v) is 5.42. The number of hydrazone groups is 1. The molecule has 3 rings (SSSR count). The van der Waals surface area contributed by atoms with Gasteiger partial charge in [-0.25, -0.2) is 8.42 Å². The van der Waals surface area contributed by atoms with Crippen molar-refractivity contribution in [1.82, 2.24) is 0 Å². The van der Waals surface area contributed by atoms with E-state index >= 15 is 0 Å². The van der Waals surface area contributed by atoms with Crippen LogP contribution in [-0.4, -0.2) is 30.5 Å². The van der Waals surface area contributed by atoms with Crippen LogP contribution in [0.15, 0.2) is 46.6 Å². The highest BCUT2D eigenvalue weighted by Crippen LogP contribution is 2.41. The van der Waals surface area contributed by atoms with Gasteiger partial charge in [-0.3, -0.25) is 4.79 Å². The molecule has 6 heteroatoms. The Labute approximate surface area is 130 Å². The minimum atomic E-state index is -3.62. The summed E-state index contributed by atoms with van der Waals surface area (Å²) in [6.07, 6.45) is 0.193. The van der Waals surface area contributed by atoms with E-state index in [0.717, 1.165) is 11.1 Å². The highest BCUT2D eigenvalue weighted by atomic mass is 32.2. The molecular formula is C16H18N2O3S. The maximum atomic E-state index is 13.0. The smallest absolute Gasteiger partial charge is 0.270 e. The zero-order chi connectivity index (χ0) is 16.1. The summed E-state index contributed by atoms with van der Waals surface area (Å²) in [6, 6.07) is 8.92. The van der Waals surface area contributed by atoms with Crippen molar-refractivity contribution >= 4 is 27.1 Å². The predicted molar refractivity (Wildman–Crippen MR) is 86.5 cm³/mol. The molecule has 22 heavy (non-hydrogen) atoms. The molecule has 0 saturated heterocycles. The van der Waals surface area contributed by atoms with E-state index in [0.29, 0.717) is 11.4 Å². The number of nitrogens with zero attached hydrogens (tertiary/aromatic N) is 2. The van der Waals surface area contributed by atoms with Crippen molar-refractivity contribution in [3.8, 4) is 0 Å². The van der Waals surface area contributed by atoms with Crippen LogP contribution >= 0.6 is 0 Å². The standard InChI is InChI=1S/C16H18N2O3S/c1-11-9-16(22(20,21)10-12(11)2)13(3)17-18(15(16)19)14-7-5-4-6-8-14/h4-8H,9-10H2,1-3H3/t16-/m1/s1. The summed E-state index contributed by atoms with van der Waals surface area (Å²) in [6.45, 7) is 5.32. The number of hydrogen-bond acceptors (Lipinski definition) is 4.